The van der Waals surface area contributed by atoms with Gasteiger partial charge in [-0.15, -0.1) is 0 Å². The van der Waals surface area contributed by atoms with Crippen LogP contribution in [0.3, 0.4) is 0 Å². The molecule has 3 nitrogen and oxygen atoms in total. The van der Waals surface area contributed by atoms with Gasteiger partial charge in [-0.2, -0.15) is 0 Å². The third-order valence-corrected chi connectivity index (χ3v) is 3.99. The maximum absolute atomic E-state index is 11.7. The molecule has 0 saturated carbocycles. The Hall–Kier alpha value is -0.580. The maximum atomic E-state index is 11.7. The van der Waals surface area contributed by atoms with Gasteiger partial charge in [0.15, 0.2) is 9.84 Å². The lowest BCUT2D eigenvalue weighted by Crippen LogP contribution is -2.12. The molecule has 0 bridgehead atoms. The summed E-state index contributed by atoms with van der Waals surface area (Å²) in [6.45, 7) is 1.57. The average molecular weight is 249 g/mol. The van der Waals surface area contributed by atoms with Gasteiger partial charge in [0.2, 0.25) is 0 Å². The molecular formula is C10H13ClO3S. The molecule has 0 heterocycles. The third-order valence-electron chi connectivity index (χ3n) is 1.98. The second-order valence-electron chi connectivity index (χ2n) is 3.41. The van der Waals surface area contributed by atoms with Crippen LogP contribution in [0.4, 0.5) is 0 Å². The van der Waals surface area contributed by atoms with Crippen LogP contribution in [0.15, 0.2) is 29.2 Å². The van der Waals surface area contributed by atoms with Crippen molar-refractivity contribution in [1.29, 1.82) is 0 Å². The van der Waals surface area contributed by atoms with Gasteiger partial charge in [-0.3, -0.25) is 0 Å². The normalized spacial score (nSPS) is 13.8. The molecule has 1 aromatic carbocycles. The summed E-state index contributed by atoms with van der Waals surface area (Å²) in [4.78, 5) is 0.243. The summed E-state index contributed by atoms with van der Waals surface area (Å²) in [6, 6.07) is 6.02. The van der Waals surface area contributed by atoms with E-state index in [1.165, 1.54) is 24.3 Å². The fraction of sp³-hybridized carbons (Fsp3) is 0.400. The summed E-state index contributed by atoms with van der Waals surface area (Å²) in [6.07, 6.45) is -0.364. The number of aliphatic hydroxyl groups is 1. The fourth-order valence-electron chi connectivity index (χ4n) is 1.09. The quantitative estimate of drug-likeness (QED) is 0.885. The van der Waals surface area contributed by atoms with Gasteiger partial charge in [-0.05, 0) is 37.6 Å². The van der Waals surface area contributed by atoms with Crippen LogP contribution < -0.4 is 0 Å². The number of rotatable bonds is 4. The molecule has 0 aliphatic rings. The molecule has 0 amide bonds. The van der Waals surface area contributed by atoms with Crippen molar-refractivity contribution in [3.8, 4) is 0 Å². The van der Waals surface area contributed by atoms with Crippen molar-refractivity contribution >= 4 is 21.4 Å². The Labute approximate surface area is 94.6 Å². The number of benzene rings is 1. The Morgan fingerprint density at radius 1 is 1.33 bits per heavy atom. The average Bonchev–Trinajstić information content (AvgIpc) is 2.16. The van der Waals surface area contributed by atoms with Crippen molar-refractivity contribution < 1.29 is 13.5 Å². The number of hydrogen-bond donors (Lipinski definition) is 1. The van der Waals surface area contributed by atoms with E-state index in [-0.39, 0.29) is 17.1 Å². The summed E-state index contributed by atoms with van der Waals surface area (Å²) >= 11 is 5.65. The molecule has 1 unspecified atom stereocenters. The van der Waals surface area contributed by atoms with E-state index in [0.717, 1.165) is 0 Å². The van der Waals surface area contributed by atoms with Crippen LogP contribution in [0, 0.1) is 0 Å². The van der Waals surface area contributed by atoms with Gasteiger partial charge in [0.05, 0.1) is 16.8 Å². The first-order chi connectivity index (χ1) is 6.92. The highest BCUT2D eigenvalue weighted by molar-refractivity contribution is 7.91. The molecule has 5 heteroatoms. The standard InChI is InChI=1S/C10H13ClO3S/c1-8(12)6-7-15(13,14)10-4-2-9(11)3-5-10/h2-5,8,12H,6-7H2,1H3. The van der Waals surface area contributed by atoms with Gasteiger partial charge in [0.25, 0.3) is 0 Å². The van der Waals surface area contributed by atoms with Crippen molar-refractivity contribution in [1.82, 2.24) is 0 Å². The van der Waals surface area contributed by atoms with Gasteiger partial charge >= 0.3 is 0 Å². The van der Waals surface area contributed by atoms with E-state index < -0.39 is 15.9 Å². The van der Waals surface area contributed by atoms with E-state index >= 15 is 0 Å². The molecule has 0 fully saturated rings. The van der Waals surface area contributed by atoms with Crippen molar-refractivity contribution in [3.05, 3.63) is 29.3 Å². The molecule has 0 radical (unpaired) electrons. The van der Waals surface area contributed by atoms with Crippen LogP contribution in [0.5, 0.6) is 0 Å². The minimum atomic E-state index is -3.29. The third kappa shape index (κ3) is 3.81. The van der Waals surface area contributed by atoms with Crippen LogP contribution in [0.2, 0.25) is 5.02 Å². The SMILES string of the molecule is CC(O)CCS(=O)(=O)c1ccc(Cl)cc1. The summed E-state index contributed by atoms with van der Waals surface area (Å²) < 4.78 is 23.4. The summed E-state index contributed by atoms with van der Waals surface area (Å²) in [5.74, 6) is -0.0493. The number of sulfone groups is 1. The highest BCUT2D eigenvalue weighted by atomic mass is 35.5. The zero-order chi connectivity index (χ0) is 11.5. The number of hydrogen-bond acceptors (Lipinski definition) is 3. The van der Waals surface area contributed by atoms with Gasteiger partial charge in [-0.25, -0.2) is 8.42 Å². The lowest BCUT2D eigenvalue weighted by atomic mass is 10.3. The largest absolute Gasteiger partial charge is 0.393 e. The molecule has 1 rings (SSSR count). The molecule has 0 spiro atoms. The maximum Gasteiger partial charge on any atom is 0.178 e. The van der Waals surface area contributed by atoms with Crippen molar-refractivity contribution in [2.24, 2.45) is 0 Å². The van der Waals surface area contributed by atoms with Crippen LogP contribution in [0.1, 0.15) is 13.3 Å². The van der Waals surface area contributed by atoms with Gasteiger partial charge in [0, 0.05) is 5.02 Å². The Bertz CT molecular complexity index is 409. The molecule has 1 N–H and O–H groups in total. The van der Waals surface area contributed by atoms with Crippen molar-refractivity contribution in [3.63, 3.8) is 0 Å². The number of halogens is 1. The van der Waals surface area contributed by atoms with Crippen molar-refractivity contribution in [2.45, 2.75) is 24.3 Å². The molecule has 84 valence electrons. The van der Waals surface area contributed by atoms with Crippen LogP contribution in [0.25, 0.3) is 0 Å². The molecule has 0 aliphatic carbocycles. The second-order valence-corrected chi connectivity index (χ2v) is 5.96. The first kappa shape index (κ1) is 12.5. The summed E-state index contributed by atoms with van der Waals surface area (Å²) in [7, 11) is -3.29. The smallest absolute Gasteiger partial charge is 0.178 e. The van der Waals surface area contributed by atoms with Crippen LogP contribution in [-0.4, -0.2) is 25.4 Å². The molecule has 0 saturated heterocycles. The van der Waals surface area contributed by atoms with Crippen LogP contribution in [-0.2, 0) is 9.84 Å². The molecule has 0 aromatic heterocycles. The summed E-state index contributed by atoms with van der Waals surface area (Å²) in [5.41, 5.74) is 0. The Morgan fingerprint density at radius 3 is 2.33 bits per heavy atom. The van der Waals surface area contributed by atoms with E-state index in [0.29, 0.717) is 5.02 Å². The second kappa shape index (κ2) is 4.96. The minimum absolute atomic E-state index is 0.0493. The molecule has 15 heavy (non-hydrogen) atoms. The lowest BCUT2D eigenvalue weighted by Gasteiger charge is -2.06. The highest BCUT2D eigenvalue weighted by Gasteiger charge is 2.14. The molecule has 1 atom stereocenters. The van der Waals surface area contributed by atoms with Crippen molar-refractivity contribution in [2.75, 3.05) is 5.75 Å². The zero-order valence-corrected chi connectivity index (χ0v) is 9.92. The molecular weight excluding hydrogens is 236 g/mol. The molecule has 1 aromatic rings. The van der Waals surface area contributed by atoms with E-state index in [9.17, 15) is 8.42 Å². The van der Waals surface area contributed by atoms with E-state index in [1.807, 2.05) is 0 Å². The zero-order valence-electron chi connectivity index (χ0n) is 8.35. The monoisotopic (exact) mass is 248 g/mol. The van der Waals surface area contributed by atoms with E-state index in [4.69, 9.17) is 16.7 Å². The van der Waals surface area contributed by atoms with Crippen LogP contribution >= 0.6 is 11.6 Å². The summed E-state index contributed by atoms with van der Waals surface area (Å²) in [5, 5.41) is 9.53. The van der Waals surface area contributed by atoms with Gasteiger partial charge in [-0.1, -0.05) is 11.6 Å². The highest BCUT2D eigenvalue weighted by Crippen LogP contribution is 2.16. The van der Waals surface area contributed by atoms with Gasteiger partial charge in [0.1, 0.15) is 0 Å². The van der Waals surface area contributed by atoms with Gasteiger partial charge < -0.3 is 5.11 Å². The number of aliphatic hydroxyl groups excluding tert-OH is 1. The predicted octanol–water partition coefficient (Wildman–Crippen LogP) is 1.88. The Morgan fingerprint density at radius 2 is 1.87 bits per heavy atom. The Kier molecular flexibility index (Phi) is 4.13. The van der Waals surface area contributed by atoms with E-state index in [1.54, 1.807) is 6.92 Å². The fourth-order valence-corrected chi connectivity index (χ4v) is 2.65. The first-order valence-electron chi connectivity index (χ1n) is 4.58. The lowest BCUT2D eigenvalue weighted by molar-refractivity contribution is 0.191. The topological polar surface area (TPSA) is 54.4 Å². The first-order valence-corrected chi connectivity index (χ1v) is 6.61. The molecule has 0 aliphatic heterocycles. The minimum Gasteiger partial charge on any atom is -0.393 e. The van der Waals surface area contributed by atoms with E-state index in [2.05, 4.69) is 0 Å². The predicted molar refractivity (Wildman–Crippen MR) is 59.8 cm³/mol. The Balaban J connectivity index is 2.82.